The first kappa shape index (κ1) is 14.9. The van der Waals surface area contributed by atoms with Gasteiger partial charge in [0, 0.05) is 0 Å². The van der Waals surface area contributed by atoms with Crippen LogP contribution >= 0.6 is 0 Å². The van der Waals surface area contributed by atoms with E-state index in [0.717, 1.165) is 23.3 Å². The van der Waals surface area contributed by atoms with Gasteiger partial charge in [0.15, 0.2) is 5.75 Å². The van der Waals surface area contributed by atoms with Crippen molar-refractivity contribution in [2.45, 2.75) is 39.2 Å². The average molecular weight is 309 g/mol. The fourth-order valence-electron chi connectivity index (χ4n) is 3.40. The first-order valence-electron chi connectivity index (χ1n) is 7.42. The number of amides is 2. The van der Waals surface area contributed by atoms with Crippen LogP contribution in [0.2, 0.25) is 0 Å². The monoisotopic (exact) mass is 309 g/mol. The number of alkyl halides is 2. The molecule has 0 radical (unpaired) electrons. The lowest BCUT2D eigenvalue weighted by Crippen LogP contribution is -2.31. The number of benzene rings is 1. The summed E-state index contributed by atoms with van der Waals surface area (Å²) in [7, 11) is 0. The van der Waals surface area contributed by atoms with E-state index in [1.165, 1.54) is 12.1 Å². The molecule has 1 saturated heterocycles. The number of halogens is 2. The van der Waals surface area contributed by atoms with Crippen molar-refractivity contribution >= 4 is 17.5 Å². The zero-order valence-corrected chi connectivity index (χ0v) is 12.2. The zero-order valence-electron chi connectivity index (χ0n) is 12.2. The van der Waals surface area contributed by atoms with Crippen LogP contribution in [0.5, 0.6) is 5.75 Å². The number of nitrogens with zero attached hydrogens (tertiary/aromatic N) is 1. The minimum absolute atomic E-state index is 0.121. The lowest BCUT2D eigenvalue weighted by Gasteiger charge is -2.19. The number of rotatable bonds is 3. The summed E-state index contributed by atoms with van der Waals surface area (Å²) in [4.78, 5) is 26.1. The van der Waals surface area contributed by atoms with Gasteiger partial charge in [-0.25, -0.2) is 4.90 Å². The summed E-state index contributed by atoms with van der Waals surface area (Å²) in [5.74, 6) is -1.35. The lowest BCUT2D eigenvalue weighted by molar-refractivity contribution is -0.122. The average Bonchev–Trinajstić information content (AvgIpc) is 2.72. The number of fused-ring (bicyclic) bond motifs is 1. The Morgan fingerprint density at radius 2 is 1.73 bits per heavy atom. The molecule has 1 heterocycles. The quantitative estimate of drug-likeness (QED) is 0.805. The minimum Gasteiger partial charge on any atom is -0.433 e. The van der Waals surface area contributed by atoms with Gasteiger partial charge in [-0.3, -0.25) is 9.59 Å². The highest BCUT2D eigenvalue weighted by Gasteiger charge is 2.49. The molecule has 1 aromatic rings. The van der Waals surface area contributed by atoms with Crippen LogP contribution in [0.25, 0.3) is 0 Å². The normalized spacial score (nSPS) is 24.8. The molecule has 1 aliphatic carbocycles. The van der Waals surface area contributed by atoms with Crippen molar-refractivity contribution < 1.29 is 23.1 Å². The number of hydrogen-bond acceptors (Lipinski definition) is 3. The Morgan fingerprint density at radius 3 is 2.27 bits per heavy atom. The Hall–Kier alpha value is -1.98. The molecule has 0 spiro atoms. The first-order chi connectivity index (χ1) is 10.5. The van der Waals surface area contributed by atoms with Crippen molar-refractivity contribution in [3.05, 3.63) is 23.8 Å². The van der Waals surface area contributed by atoms with Gasteiger partial charge in [-0.15, -0.1) is 0 Å². The fourth-order valence-corrected chi connectivity index (χ4v) is 3.40. The molecule has 3 rings (SSSR count). The van der Waals surface area contributed by atoms with Crippen LogP contribution in [0.15, 0.2) is 18.2 Å². The van der Waals surface area contributed by atoms with E-state index in [1.54, 1.807) is 13.0 Å². The number of imide groups is 1. The Kier molecular flexibility index (Phi) is 3.85. The van der Waals surface area contributed by atoms with Crippen LogP contribution in [0.1, 0.15) is 31.2 Å². The van der Waals surface area contributed by atoms with Crippen molar-refractivity contribution in [3.8, 4) is 5.75 Å². The number of carbonyl (C=O) groups is 2. The molecule has 0 N–H and O–H groups in total. The van der Waals surface area contributed by atoms with Crippen molar-refractivity contribution in [1.82, 2.24) is 0 Å². The second kappa shape index (κ2) is 5.66. The van der Waals surface area contributed by atoms with Gasteiger partial charge in [0.2, 0.25) is 11.8 Å². The van der Waals surface area contributed by atoms with Crippen LogP contribution in [-0.2, 0) is 9.59 Å². The van der Waals surface area contributed by atoms with E-state index in [9.17, 15) is 18.4 Å². The van der Waals surface area contributed by atoms with Gasteiger partial charge >= 0.3 is 6.61 Å². The van der Waals surface area contributed by atoms with Crippen LogP contribution in [0, 0.1) is 18.8 Å². The van der Waals surface area contributed by atoms with Crippen molar-refractivity contribution in [3.63, 3.8) is 0 Å². The zero-order chi connectivity index (χ0) is 15.9. The van der Waals surface area contributed by atoms with Crippen LogP contribution in [-0.4, -0.2) is 18.4 Å². The maximum absolute atomic E-state index is 12.6. The fraction of sp³-hybridized carbons (Fsp3) is 0.500. The number of aryl methyl sites for hydroxylation is 1. The van der Waals surface area contributed by atoms with E-state index < -0.39 is 6.61 Å². The Balaban J connectivity index is 2.00. The maximum atomic E-state index is 12.6. The molecule has 1 saturated carbocycles. The van der Waals surface area contributed by atoms with Crippen molar-refractivity contribution in [2.75, 3.05) is 4.90 Å². The summed E-state index contributed by atoms with van der Waals surface area (Å²) in [6, 6.07) is 4.60. The summed E-state index contributed by atoms with van der Waals surface area (Å²) in [6.07, 6.45) is 3.20. The van der Waals surface area contributed by atoms with Crippen LogP contribution in [0.3, 0.4) is 0 Å². The van der Waals surface area contributed by atoms with Gasteiger partial charge in [0.25, 0.3) is 0 Å². The third kappa shape index (κ3) is 2.46. The van der Waals surface area contributed by atoms with Crippen molar-refractivity contribution in [2.24, 2.45) is 11.8 Å². The first-order valence-corrected chi connectivity index (χ1v) is 7.42. The third-order valence-electron chi connectivity index (χ3n) is 4.41. The Labute approximate surface area is 127 Å². The molecular weight excluding hydrogens is 292 g/mol. The highest BCUT2D eigenvalue weighted by atomic mass is 19.3. The van der Waals surface area contributed by atoms with Gasteiger partial charge in [-0.1, -0.05) is 18.9 Å². The summed E-state index contributed by atoms with van der Waals surface area (Å²) >= 11 is 0. The largest absolute Gasteiger partial charge is 0.433 e. The third-order valence-corrected chi connectivity index (χ3v) is 4.41. The number of ether oxygens (including phenoxy) is 1. The predicted octanol–water partition coefficient (Wildman–Crippen LogP) is 3.28. The van der Waals surface area contributed by atoms with Gasteiger partial charge in [0.1, 0.15) is 0 Å². The topological polar surface area (TPSA) is 46.6 Å². The van der Waals surface area contributed by atoms with Gasteiger partial charge in [-0.05, 0) is 37.5 Å². The summed E-state index contributed by atoms with van der Waals surface area (Å²) in [5.41, 5.74) is 0.839. The lowest BCUT2D eigenvalue weighted by atomic mass is 9.81. The summed E-state index contributed by atoms with van der Waals surface area (Å²) < 4.78 is 29.7. The highest BCUT2D eigenvalue weighted by Crippen LogP contribution is 2.42. The van der Waals surface area contributed by atoms with E-state index in [4.69, 9.17) is 0 Å². The maximum Gasteiger partial charge on any atom is 0.387 e. The van der Waals surface area contributed by atoms with Crippen LogP contribution in [0.4, 0.5) is 14.5 Å². The van der Waals surface area contributed by atoms with E-state index in [0.29, 0.717) is 12.8 Å². The molecule has 1 aliphatic heterocycles. The summed E-state index contributed by atoms with van der Waals surface area (Å²) in [6.45, 7) is -1.27. The number of carbonyl (C=O) groups excluding carboxylic acids is 2. The highest BCUT2D eigenvalue weighted by molar-refractivity contribution is 6.22. The number of anilines is 1. The van der Waals surface area contributed by atoms with Gasteiger partial charge in [0.05, 0.1) is 17.5 Å². The molecule has 4 nitrogen and oxygen atoms in total. The second-order valence-corrected chi connectivity index (χ2v) is 5.86. The molecule has 2 unspecified atom stereocenters. The SMILES string of the molecule is Cc1ccc(N2C(=O)C3CCCCC3C2=O)c(OC(F)F)c1. The number of hydrogen-bond donors (Lipinski definition) is 0. The Bertz CT molecular complexity index is 593. The molecule has 2 fully saturated rings. The van der Waals surface area contributed by atoms with E-state index >= 15 is 0 Å². The molecular formula is C16H17F2NO3. The van der Waals surface area contributed by atoms with Crippen LogP contribution < -0.4 is 9.64 Å². The molecule has 0 bridgehead atoms. The van der Waals surface area contributed by atoms with Crippen molar-refractivity contribution in [1.29, 1.82) is 0 Å². The second-order valence-electron chi connectivity index (χ2n) is 5.86. The minimum atomic E-state index is -3.00. The molecule has 6 heteroatoms. The molecule has 2 aliphatic rings. The van der Waals surface area contributed by atoms with Gasteiger partial charge in [-0.2, -0.15) is 8.78 Å². The molecule has 1 aromatic carbocycles. The molecule has 2 atom stereocenters. The molecule has 0 aromatic heterocycles. The van der Waals surface area contributed by atoms with Gasteiger partial charge < -0.3 is 4.74 Å². The standard InChI is InChI=1S/C16H17F2NO3/c1-9-6-7-12(13(8-9)22-16(17)18)19-14(20)10-4-2-3-5-11(10)15(19)21/h6-8,10-11,16H,2-5H2,1H3. The Morgan fingerprint density at radius 1 is 1.14 bits per heavy atom. The summed E-state index contributed by atoms with van der Waals surface area (Å²) in [5, 5.41) is 0. The smallest absolute Gasteiger partial charge is 0.387 e. The molecule has 2 amide bonds. The molecule has 22 heavy (non-hydrogen) atoms. The van der Waals surface area contributed by atoms with E-state index in [-0.39, 0.29) is 35.1 Å². The predicted molar refractivity (Wildman–Crippen MR) is 75.8 cm³/mol. The molecule has 118 valence electrons. The van der Waals surface area contributed by atoms with E-state index in [2.05, 4.69) is 4.74 Å². The van der Waals surface area contributed by atoms with E-state index in [1.807, 2.05) is 0 Å².